The van der Waals surface area contributed by atoms with Crippen molar-refractivity contribution in [2.75, 3.05) is 11.9 Å². The van der Waals surface area contributed by atoms with E-state index in [4.69, 9.17) is 4.74 Å². The fourth-order valence-electron chi connectivity index (χ4n) is 1.76. The van der Waals surface area contributed by atoms with E-state index in [1.807, 2.05) is 30.3 Å². The number of benzene rings is 2. The average molecular weight is 327 g/mol. The molecule has 0 heterocycles. The van der Waals surface area contributed by atoms with Crippen molar-refractivity contribution in [1.29, 1.82) is 0 Å². The number of halogens is 3. The van der Waals surface area contributed by atoms with Gasteiger partial charge in [0.25, 0.3) is 0 Å². The number of ether oxygens (including phenoxy) is 1. The SMILES string of the molecule is Fc1cc(F)cc(OCC(CBr)c2ccccc2)c1. The fraction of sp³-hybridized carbons (Fsp3) is 0.200. The van der Waals surface area contributed by atoms with Gasteiger partial charge in [0.05, 0.1) is 6.61 Å². The zero-order chi connectivity index (χ0) is 13.7. The molecule has 0 aromatic heterocycles. The van der Waals surface area contributed by atoms with E-state index in [1.54, 1.807) is 0 Å². The number of hydrogen-bond donors (Lipinski definition) is 0. The summed E-state index contributed by atoms with van der Waals surface area (Å²) in [6.07, 6.45) is 0. The van der Waals surface area contributed by atoms with Crippen LogP contribution in [-0.2, 0) is 0 Å². The van der Waals surface area contributed by atoms with Gasteiger partial charge in [-0.3, -0.25) is 0 Å². The Morgan fingerprint density at radius 2 is 1.63 bits per heavy atom. The average Bonchev–Trinajstić information content (AvgIpc) is 2.39. The Morgan fingerprint density at radius 3 is 2.21 bits per heavy atom. The van der Waals surface area contributed by atoms with Crippen molar-refractivity contribution >= 4 is 15.9 Å². The molecule has 100 valence electrons. The lowest BCUT2D eigenvalue weighted by Crippen LogP contribution is -2.11. The van der Waals surface area contributed by atoms with Gasteiger partial charge in [0, 0.05) is 29.4 Å². The Kier molecular flexibility index (Phi) is 4.91. The largest absolute Gasteiger partial charge is 0.493 e. The van der Waals surface area contributed by atoms with E-state index in [9.17, 15) is 8.78 Å². The van der Waals surface area contributed by atoms with Gasteiger partial charge in [0.1, 0.15) is 17.4 Å². The van der Waals surface area contributed by atoms with E-state index in [0.29, 0.717) is 6.61 Å². The first-order valence-corrected chi connectivity index (χ1v) is 7.01. The van der Waals surface area contributed by atoms with E-state index in [-0.39, 0.29) is 11.7 Å². The lowest BCUT2D eigenvalue weighted by molar-refractivity contribution is 0.295. The smallest absolute Gasteiger partial charge is 0.129 e. The minimum atomic E-state index is -0.634. The molecule has 0 saturated heterocycles. The van der Waals surface area contributed by atoms with Crippen LogP contribution < -0.4 is 4.74 Å². The molecule has 19 heavy (non-hydrogen) atoms. The molecule has 0 aliphatic carbocycles. The van der Waals surface area contributed by atoms with Crippen molar-refractivity contribution in [2.45, 2.75) is 5.92 Å². The molecule has 0 fully saturated rings. The Morgan fingerprint density at radius 1 is 1.00 bits per heavy atom. The van der Waals surface area contributed by atoms with E-state index < -0.39 is 11.6 Å². The Hall–Kier alpha value is -1.42. The second kappa shape index (κ2) is 6.66. The molecule has 1 nitrogen and oxygen atoms in total. The van der Waals surface area contributed by atoms with Crippen LogP contribution in [0.2, 0.25) is 0 Å². The van der Waals surface area contributed by atoms with Crippen molar-refractivity contribution in [3.8, 4) is 5.75 Å². The van der Waals surface area contributed by atoms with Crippen LogP contribution in [0.3, 0.4) is 0 Å². The molecule has 0 aliphatic heterocycles. The van der Waals surface area contributed by atoms with Crippen LogP contribution in [-0.4, -0.2) is 11.9 Å². The highest BCUT2D eigenvalue weighted by Gasteiger charge is 2.11. The quantitative estimate of drug-likeness (QED) is 0.734. The molecule has 0 amide bonds. The Bertz CT molecular complexity index is 511. The van der Waals surface area contributed by atoms with Gasteiger partial charge in [0.2, 0.25) is 0 Å². The van der Waals surface area contributed by atoms with Gasteiger partial charge in [0.15, 0.2) is 0 Å². The van der Waals surface area contributed by atoms with Gasteiger partial charge < -0.3 is 4.74 Å². The maximum Gasteiger partial charge on any atom is 0.129 e. The highest BCUT2D eigenvalue weighted by molar-refractivity contribution is 9.09. The number of rotatable bonds is 5. The third-order valence-electron chi connectivity index (χ3n) is 2.74. The first-order valence-electron chi connectivity index (χ1n) is 5.89. The highest BCUT2D eigenvalue weighted by Crippen LogP contribution is 2.21. The van der Waals surface area contributed by atoms with Gasteiger partial charge in [-0.05, 0) is 5.56 Å². The molecule has 0 bridgehead atoms. The van der Waals surface area contributed by atoms with Crippen molar-refractivity contribution in [2.24, 2.45) is 0 Å². The van der Waals surface area contributed by atoms with Crippen LogP contribution in [0, 0.1) is 11.6 Å². The topological polar surface area (TPSA) is 9.23 Å². The molecule has 2 aromatic carbocycles. The molecule has 0 aliphatic rings. The molecular weight excluding hydrogens is 314 g/mol. The molecular formula is C15H13BrF2O. The van der Waals surface area contributed by atoms with E-state index >= 15 is 0 Å². The molecule has 0 N–H and O–H groups in total. The summed E-state index contributed by atoms with van der Waals surface area (Å²) in [6, 6.07) is 13.0. The van der Waals surface area contributed by atoms with Gasteiger partial charge in [-0.2, -0.15) is 0 Å². The van der Waals surface area contributed by atoms with Gasteiger partial charge >= 0.3 is 0 Å². The molecule has 2 aromatic rings. The number of alkyl halides is 1. The van der Waals surface area contributed by atoms with Crippen molar-refractivity contribution < 1.29 is 13.5 Å². The normalized spacial score (nSPS) is 12.2. The zero-order valence-corrected chi connectivity index (χ0v) is 11.7. The maximum atomic E-state index is 13.0. The summed E-state index contributed by atoms with van der Waals surface area (Å²) in [6.45, 7) is 0.359. The molecule has 2 rings (SSSR count). The molecule has 0 saturated carbocycles. The van der Waals surface area contributed by atoms with Crippen LogP contribution >= 0.6 is 15.9 Å². The second-order valence-corrected chi connectivity index (χ2v) is 4.83. The van der Waals surface area contributed by atoms with Crippen molar-refractivity contribution in [3.05, 3.63) is 65.7 Å². The van der Waals surface area contributed by atoms with Crippen LogP contribution in [0.25, 0.3) is 0 Å². The lowest BCUT2D eigenvalue weighted by atomic mass is 10.0. The predicted octanol–water partition coefficient (Wildman–Crippen LogP) is 4.52. The van der Waals surface area contributed by atoms with Crippen molar-refractivity contribution in [1.82, 2.24) is 0 Å². The minimum Gasteiger partial charge on any atom is -0.493 e. The first kappa shape index (κ1) is 14.0. The summed E-state index contributed by atoms with van der Waals surface area (Å²) < 4.78 is 31.5. The summed E-state index contributed by atoms with van der Waals surface area (Å²) in [5.41, 5.74) is 1.12. The number of hydrogen-bond acceptors (Lipinski definition) is 1. The zero-order valence-electron chi connectivity index (χ0n) is 10.2. The monoisotopic (exact) mass is 326 g/mol. The maximum absolute atomic E-state index is 13.0. The molecule has 0 spiro atoms. The van der Waals surface area contributed by atoms with Gasteiger partial charge in [-0.1, -0.05) is 46.3 Å². The molecule has 4 heteroatoms. The first-order chi connectivity index (χ1) is 9.19. The third kappa shape index (κ3) is 4.03. The van der Waals surface area contributed by atoms with E-state index in [0.717, 1.165) is 17.0 Å². The molecule has 0 radical (unpaired) electrons. The van der Waals surface area contributed by atoms with Crippen LogP contribution in [0.5, 0.6) is 5.75 Å². The van der Waals surface area contributed by atoms with Crippen molar-refractivity contribution in [3.63, 3.8) is 0 Å². The summed E-state index contributed by atoms with van der Waals surface area (Å²) in [4.78, 5) is 0. The predicted molar refractivity (Wildman–Crippen MR) is 74.8 cm³/mol. The van der Waals surface area contributed by atoms with E-state index in [2.05, 4.69) is 15.9 Å². The lowest BCUT2D eigenvalue weighted by Gasteiger charge is -2.15. The standard InChI is InChI=1S/C15H13BrF2O/c16-9-12(11-4-2-1-3-5-11)10-19-15-7-13(17)6-14(18)8-15/h1-8,12H,9-10H2. The summed E-state index contributed by atoms with van der Waals surface area (Å²) in [7, 11) is 0. The second-order valence-electron chi connectivity index (χ2n) is 4.18. The highest BCUT2D eigenvalue weighted by atomic mass is 79.9. The van der Waals surface area contributed by atoms with Crippen LogP contribution in [0.4, 0.5) is 8.78 Å². The third-order valence-corrected chi connectivity index (χ3v) is 3.53. The molecule has 1 unspecified atom stereocenters. The van der Waals surface area contributed by atoms with Crippen LogP contribution in [0.15, 0.2) is 48.5 Å². The Balaban J connectivity index is 2.04. The van der Waals surface area contributed by atoms with E-state index in [1.165, 1.54) is 12.1 Å². The Labute approximate surface area is 119 Å². The van der Waals surface area contributed by atoms with Crippen LogP contribution in [0.1, 0.15) is 11.5 Å². The summed E-state index contributed by atoms with van der Waals surface area (Å²) >= 11 is 3.43. The summed E-state index contributed by atoms with van der Waals surface area (Å²) in [5, 5.41) is 0.717. The van der Waals surface area contributed by atoms with Gasteiger partial charge in [-0.15, -0.1) is 0 Å². The fourth-order valence-corrected chi connectivity index (χ4v) is 2.32. The minimum absolute atomic E-state index is 0.132. The van der Waals surface area contributed by atoms with Gasteiger partial charge in [-0.25, -0.2) is 8.78 Å². The summed E-state index contributed by atoms with van der Waals surface area (Å²) in [5.74, 6) is -0.929. The molecule has 1 atom stereocenters.